The third kappa shape index (κ3) is 5.39. The van der Waals surface area contributed by atoms with Gasteiger partial charge in [0.15, 0.2) is 6.61 Å². The van der Waals surface area contributed by atoms with Crippen molar-refractivity contribution in [1.82, 2.24) is 0 Å². The van der Waals surface area contributed by atoms with Crippen molar-refractivity contribution in [3.05, 3.63) is 24.3 Å². The fourth-order valence-electron chi connectivity index (χ4n) is 1.47. The number of carbonyl (C=O) groups is 2. The minimum Gasteiger partial charge on any atom is -0.484 e. The molecule has 0 aliphatic carbocycles. The Kier molecular flexibility index (Phi) is 5.81. The molecule has 0 heterocycles. The summed E-state index contributed by atoms with van der Waals surface area (Å²) >= 11 is 0. The Morgan fingerprint density at radius 2 is 1.95 bits per heavy atom. The first-order chi connectivity index (χ1) is 9.02. The van der Waals surface area contributed by atoms with E-state index in [0.29, 0.717) is 17.9 Å². The Bertz CT molecular complexity index is 431. The molecule has 0 aliphatic heterocycles. The van der Waals surface area contributed by atoms with E-state index < -0.39 is 11.9 Å². The summed E-state index contributed by atoms with van der Waals surface area (Å²) in [6.07, 6.45) is 1.50. The van der Waals surface area contributed by atoms with Gasteiger partial charge in [0, 0.05) is 5.69 Å². The number of benzene rings is 1. The lowest BCUT2D eigenvalue weighted by Crippen LogP contribution is -2.35. The van der Waals surface area contributed by atoms with Gasteiger partial charge in [-0.1, -0.05) is 13.3 Å². The van der Waals surface area contributed by atoms with Crippen molar-refractivity contribution in [2.75, 3.05) is 11.9 Å². The average molecular weight is 265 g/mol. The van der Waals surface area contributed by atoms with Gasteiger partial charge in [0.05, 0.1) is 6.04 Å². The predicted octanol–water partition coefficient (Wildman–Crippen LogP) is 0.617. The Morgan fingerprint density at radius 3 is 2.47 bits per heavy atom. The van der Waals surface area contributed by atoms with Crippen molar-refractivity contribution in [3.63, 3.8) is 0 Å². The maximum atomic E-state index is 11.7. The van der Waals surface area contributed by atoms with Crippen LogP contribution in [0.5, 0.6) is 5.75 Å². The molecule has 0 bridgehead atoms. The second-order valence-corrected chi connectivity index (χ2v) is 4.16. The van der Waals surface area contributed by atoms with E-state index in [0.717, 1.165) is 6.42 Å². The van der Waals surface area contributed by atoms with Gasteiger partial charge in [-0.05, 0) is 30.7 Å². The maximum absolute atomic E-state index is 11.7. The first-order valence-corrected chi connectivity index (χ1v) is 6.10. The second-order valence-electron chi connectivity index (χ2n) is 4.16. The number of nitrogens with two attached hydrogens (primary N) is 2. The molecule has 0 unspecified atom stereocenters. The Hall–Kier alpha value is -2.08. The van der Waals surface area contributed by atoms with Crippen LogP contribution in [-0.2, 0) is 9.59 Å². The van der Waals surface area contributed by atoms with Gasteiger partial charge in [-0.25, -0.2) is 0 Å². The number of rotatable bonds is 7. The molecule has 6 nitrogen and oxygen atoms in total. The Morgan fingerprint density at radius 1 is 1.32 bits per heavy atom. The number of nitrogens with one attached hydrogen (secondary N) is 1. The molecule has 19 heavy (non-hydrogen) atoms. The molecule has 0 aromatic heterocycles. The molecule has 6 heteroatoms. The highest BCUT2D eigenvalue weighted by atomic mass is 16.5. The fraction of sp³-hybridized carbons (Fsp3) is 0.385. The van der Waals surface area contributed by atoms with E-state index >= 15 is 0 Å². The monoisotopic (exact) mass is 265 g/mol. The van der Waals surface area contributed by atoms with Crippen molar-refractivity contribution in [3.8, 4) is 5.75 Å². The number of primary amides is 1. The fourth-order valence-corrected chi connectivity index (χ4v) is 1.47. The maximum Gasteiger partial charge on any atom is 0.255 e. The summed E-state index contributed by atoms with van der Waals surface area (Å²) in [5, 5.41) is 2.71. The lowest BCUT2D eigenvalue weighted by Gasteiger charge is -2.11. The van der Waals surface area contributed by atoms with E-state index in [9.17, 15) is 9.59 Å². The zero-order valence-electron chi connectivity index (χ0n) is 10.9. The van der Waals surface area contributed by atoms with Crippen molar-refractivity contribution < 1.29 is 14.3 Å². The highest BCUT2D eigenvalue weighted by Crippen LogP contribution is 2.15. The minimum absolute atomic E-state index is 0.174. The van der Waals surface area contributed by atoms with Gasteiger partial charge < -0.3 is 21.5 Å². The molecule has 0 saturated carbocycles. The smallest absolute Gasteiger partial charge is 0.255 e. The third-order valence-corrected chi connectivity index (χ3v) is 2.44. The number of carbonyl (C=O) groups excluding carboxylic acids is 2. The molecule has 1 aromatic carbocycles. The van der Waals surface area contributed by atoms with Crippen LogP contribution < -0.4 is 21.5 Å². The van der Waals surface area contributed by atoms with Crippen LogP contribution in [0.25, 0.3) is 0 Å². The quantitative estimate of drug-likeness (QED) is 0.671. The third-order valence-electron chi connectivity index (χ3n) is 2.44. The van der Waals surface area contributed by atoms with E-state index in [4.69, 9.17) is 16.2 Å². The summed E-state index contributed by atoms with van der Waals surface area (Å²) in [6, 6.07) is 6.13. The van der Waals surface area contributed by atoms with Crippen LogP contribution in [0.1, 0.15) is 19.8 Å². The lowest BCUT2D eigenvalue weighted by molar-refractivity contribution is -0.120. The number of hydrogen-bond donors (Lipinski definition) is 3. The topological polar surface area (TPSA) is 107 Å². The van der Waals surface area contributed by atoms with Gasteiger partial charge in [-0.15, -0.1) is 0 Å². The van der Waals surface area contributed by atoms with Gasteiger partial charge in [-0.3, -0.25) is 9.59 Å². The van der Waals surface area contributed by atoms with Crippen LogP contribution >= 0.6 is 0 Å². The van der Waals surface area contributed by atoms with Crippen LogP contribution in [-0.4, -0.2) is 24.5 Å². The Balaban J connectivity index is 2.52. The van der Waals surface area contributed by atoms with Crippen molar-refractivity contribution in [2.24, 2.45) is 11.5 Å². The van der Waals surface area contributed by atoms with E-state index in [2.05, 4.69) is 5.32 Å². The molecule has 0 radical (unpaired) electrons. The molecule has 2 amide bonds. The zero-order chi connectivity index (χ0) is 14.3. The van der Waals surface area contributed by atoms with E-state index in [-0.39, 0.29) is 12.5 Å². The molecule has 0 spiro atoms. The highest BCUT2D eigenvalue weighted by Gasteiger charge is 2.12. The molecule has 0 aliphatic rings. The molecule has 1 aromatic rings. The van der Waals surface area contributed by atoms with Gasteiger partial charge in [-0.2, -0.15) is 0 Å². The van der Waals surface area contributed by atoms with Crippen LogP contribution in [0.3, 0.4) is 0 Å². The summed E-state index contributed by atoms with van der Waals surface area (Å²) in [4.78, 5) is 22.2. The number of hydrogen-bond acceptors (Lipinski definition) is 4. The van der Waals surface area contributed by atoms with E-state index in [1.165, 1.54) is 0 Å². The van der Waals surface area contributed by atoms with Gasteiger partial charge in [0.1, 0.15) is 5.75 Å². The number of ether oxygens (including phenoxy) is 1. The Labute approximate surface area is 112 Å². The summed E-state index contributed by atoms with van der Waals surface area (Å²) in [5.74, 6) is -0.245. The number of amides is 2. The largest absolute Gasteiger partial charge is 0.484 e. The summed E-state index contributed by atoms with van der Waals surface area (Å²) < 4.78 is 5.10. The molecule has 0 saturated heterocycles. The molecule has 5 N–H and O–H groups in total. The molecule has 0 fully saturated rings. The van der Waals surface area contributed by atoms with Crippen LogP contribution in [0, 0.1) is 0 Å². The van der Waals surface area contributed by atoms with Crippen LogP contribution in [0.2, 0.25) is 0 Å². The second kappa shape index (κ2) is 7.38. The zero-order valence-corrected chi connectivity index (χ0v) is 10.9. The minimum atomic E-state index is -0.539. The average Bonchev–Trinajstić information content (AvgIpc) is 2.38. The number of anilines is 1. The summed E-state index contributed by atoms with van der Waals surface area (Å²) in [7, 11) is 0. The first-order valence-electron chi connectivity index (χ1n) is 6.10. The molecule has 1 rings (SSSR count). The molecule has 104 valence electrons. The normalized spacial score (nSPS) is 11.7. The van der Waals surface area contributed by atoms with Gasteiger partial charge in [0.2, 0.25) is 5.91 Å². The van der Waals surface area contributed by atoms with Gasteiger partial charge in [0.25, 0.3) is 5.91 Å². The van der Waals surface area contributed by atoms with Crippen molar-refractivity contribution >= 4 is 17.5 Å². The van der Waals surface area contributed by atoms with E-state index in [1.54, 1.807) is 24.3 Å². The first kappa shape index (κ1) is 15.0. The van der Waals surface area contributed by atoms with Crippen LogP contribution in [0.4, 0.5) is 5.69 Å². The molecular weight excluding hydrogens is 246 g/mol. The van der Waals surface area contributed by atoms with Gasteiger partial charge >= 0.3 is 0 Å². The predicted molar refractivity (Wildman–Crippen MR) is 72.6 cm³/mol. The standard InChI is InChI=1S/C13H19N3O3/c1-2-3-11(14)13(18)16-9-4-6-10(7-5-9)19-8-12(15)17/h4-7,11H,2-3,8,14H2,1H3,(H2,15,17)(H,16,18)/t11-/m1/s1. The van der Waals surface area contributed by atoms with Crippen molar-refractivity contribution in [2.45, 2.75) is 25.8 Å². The lowest BCUT2D eigenvalue weighted by atomic mass is 10.1. The summed E-state index contributed by atoms with van der Waals surface area (Å²) in [6.45, 7) is 1.80. The summed E-state index contributed by atoms with van der Waals surface area (Å²) in [5.41, 5.74) is 11.3. The van der Waals surface area contributed by atoms with Crippen LogP contribution in [0.15, 0.2) is 24.3 Å². The molecular formula is C13H19N3O3. The highest BCUT2D eigenvalue weighted by molar-refractivity contribution is 5.94. The van der Waals surface area contributed by atoms with Crippen molar-refractivity contribution in [1.29, 1.82) is 0 Å². The SMILES string of the molecule is CCC[C@@H](N)C(=O)Nc1ccc(OCC(N)=O)cc1. The molecule has 1 atom stereocenters. The van der Waals surface area contributed by atoms with E-state index in [1.807, 2.05) is 6.92 Å².